The molecule has 1 saturated heterocycles. The quantitative estimate of drug-likeness (QED) is 0.320. The van der Waals surface area contributed by atoms with Gasteiger partial charge in [-0.05, 0) is 6.92 Å². The van der Waals surface area contributed by atoms with Crippen LogP contribution in [0.2, 0.25) is 0 Å². The smallest absolute Gasteiger partial charge is 0.157 e. The van der Waals surface area contributed by atoms with Gasteiger partial charge in [0.1, 0.15) is 0 Å². The maximum atomic E-state index is 5.31. The second-order valence-corrected chi connectivity index (χ2v) is 1.62. The minimum Gasteiger partial charge on any atom is -0.353 e. The Hall–Kier alpha value is 0.250. The van der Waals surface area contributed by atoms with Crippen molar-refractivity contribution in [1.29, 1.82) is 0 Å². The molecule has 30 valence electrons. The molecule has 5 heavy (non-hydrogen) atoms. The van der Waals surface area contributed by atoms with Crippen molar-refractivity contribution in [3.05, 3.63) is 0 Å². The third kappa shape index (κ3) is 0.551. The van der Waals surface area contributed by atoms with E-state index >= 15 is 0 Å². The second-order valence-electron chi connectivity index (χ2n) is 1.19. The molecule has 1 aliphatic rings. The topological polar surface area (TPSA) is 12.5 Å². The van der Waals surface area contributed by atoms with Gasteiger partial charge < -0.3 is 4.74 Å². The van der Waals surface area contributed by atoms with E-state index in [9.17, 15) is 0 Å². The van der Waals surface area contributed by atoms with Crippen molar-refractivity contribution >= 4 is 11.6 Å². The van der Waals surface area contributed by atoms with Crippen molar-refractivity contribution in [2.75, 3.05) is 0 Å². The first-order chi connectivity index (χ1) is 2.30. The zero-order valence-corrected chi connectivity index (χ0v) is 3.70. The summed E-state index contributed by atoms with van der Waals surface area (Å²) in [4.78, 5) is 0. The fraction of sp³-hybridized carbons (Fsp3) is 1.00. The van der Waals surface area contributed by atoms with Crippen LogP contribution < -0.4 is 0 Å². The molecule has 0 aromatic heterocycles. The van der Waals surface area contributed by atoms with Crippen LogP contribution >= 0.6 is 11.6 Å². The minimum atomic E-state index is 0.0231. The molecule has 2 heteroatoms. The molecule has 1 fully saturated rings. The number of hydrogen-bond acceptors (Lipinski definition) is 1. The maximum absolute atomic E-state index is 5.31. The summed E-state index contributed by atoms with van der Waals surface area (Å²) < 4.78 is 4.68. The molecule has 1 nitrogen and oxygen atoms in total. The van der Waals surface area contributed by atoms with Crippen molar-refractivity contribution < 1.29 is 4.74 Å². The molecule has 0 amide bonds. The molecule has 0 radical (unpaired) electrons. The lowest BCUT2D eigenvalue weighted by molar-refractivity contribution is 0.411. The van der Waals surface area contributed by atoms with Crippen molar-refractivity contribution in [2.45, 2.75) is 18.6 Å². The Morgan fingerprint density at radius 1 is 1.80 bits per heavy atom. The summed E-state index contributed by atoms with van der Waals surface area (Å²) in [5.74, 6) is 0. The Kier molecular flexibility index (Phi) is 0.588. The maximum Gasteiger partial charge on any atom is 0.157 e. The summed E-state index contributed by atoms with van der Waals surface area (Å²) in [5, 5.41) is 0. The van der Waals surface area contributed by atoms with Crippen LogP contribution in [0.15, 0.2) is 0 Å². The van der Waals surface area contributed by atoms with Gasteiger partial charge in [0.25, 0.3) is 0 Å². The summed E-state index contributed by atoms with van der Waals surface area (Å²) in [7, 11) is 0. The Labute approximate surface area is 35.9 Å². The number of epoxide rings is 1. The van der Waals surface area contributed by atoms with Gasteiger partial charge in [-0.25, -0.2) is 0 Å². The van der Waals surface area contributed by atoms with E-state index in [0.717, 1.165) is 0 Å². The predicted molar refractivity (Wildman–Crippen MR) is 20.2 cm³/mol. The van der Waals surface area contributed by atoms with Crippen LogP contribution in [0, 0.1) is 0 Å². The highest BCUT2D eigenvalue weighted by molar-refractivity contribution is 6.21. The molecule has 0 aliphatic carbocycles. The van der Waals surface area contributed by atoms with Gasteiger partial charge in [-0.1, -0.05) is 11.6 Å². The first-order valence-electron chi connectivity index (χ1n) is 1.60. The molecule has 1 heterocycles. The van der Waals surface area contributed by atoms with Crippen molar-refractivity contribution in [1.82, 2.24) is 0 Å². The fourth-order valence-electron chi connectivity index (χ4n) is 0.160. The minimum absolute atomic E-state index is 0.0231. The van der Waals surface area contributed by atoms with Gasteiger partial charge in [-0.15, -0.1) is 0 Å². The van der Waals surface area contributed by atoms with Gasteiger partial charge >= 0.3 is 0 Å². The molecule has 0 bridgehead atoms. The standard InChI is InChI=1S/C3H5ClO/c1-2-3(4)5-2/h2-3H,1H3/t2-,3?/m1/s1. The van der Waals surface area contributed by atoms with Crippen LogP contribution in [0.3, 0.4) is 0 Å². The van der Waals surface area contributed by atoms with E-state index in [-0.39, 0.29) is 5.56 Å². The third-order valence-electron chi connectivity index (χ3n) is 0.637. The summed E-state index contributed by atoms with van der Waals surface area (Å²) in [6, 6.07) is 0. The van der Waals surface area contributed by atoms with Gasteiger partial charge in [-0.2, -0.15) is 0 Å². The summed E-state index contributed by atoms with van der Waals surface area (Å²) in [5.41, 5.74) is 0.0231. The Bertz CT molecular complexity index is 40.2. The summed E-state index contributed by atoms with van der Waals surface area (Å²) in [6.45, 7) is 1.94. The molecule has 1 aliphatic heterocycles. The molecule has 0 saturated carbocycles. The van der Waals surface area contributed by atoms with E-state index in [4.69, 9.17) is 11.6 Å². The molecule has 0 N–H and O–H groups in total. The number of hydrogen-bond donors (Lipinski definition) is 0. The Morgan fingerprint density at radius 2 is 2.00 bits per heavy atom. The van der Waals surface area contributed by atoms with Crippen molar-refractivity contribution in [3.63, 3.8) is 0 Å². The Balaban J connectivity index is 2.20. The van der Waals surface area contributed by atoms with Gasteiger partial charge in [0.05, 0.1) is 6.10 Å². The molecule has 0 aromatic carbocycles. The number of ether oxygens (including phenoxy) is 1. The highest BCUT2D eigenvalue weighted by Gasteiger charge is 2.30. The third-order valence-corrected chi connectivity index (χ3v) is 1.09. The highest BCUT2D eigenvalue weighted by atomic mass is 35.5. The lowest BCUT2D eigenvalue weighted by Gasteiger charge is -1.55. The average molecular weight is 92.5 g/mol. The van der Waals surface area contributed by atoms with Gasteiger partial charge in [-0.3, -0.25) is 0 Å². The second kappa shape index (κ2) is 0.854. The highest BCUT2D eigenvalue weighted by Crippen LogP contribution is 2.23. The monoisotopic (exact) mass is 92.0 g/mol. The molecule has 1 unspecified atom stereocenters. The lowest BCUT2D eigenvalue weighted by Crippen LogP contribution is -1.69. The van der Waals surface area contributed by atoms with Gasteiger partial charge in [0.15, 0.2) is 5.56 Å². The van der Waals surface area contributed by atoms with E-state index in [2.05, 4.69) is 4.74 Å². The van der Waals surface area contributed by atoms with E-state index < -0.39 is 0 Å². The largest absolute Gasteiger partial charge is 0.353 e. The predicted octanol–water partition coefficient (Wildman–Crippen LogP) is 0.970. The van der Waals surface area contributed by atoms with E-state index in [1.54, 1.807) is 0 Å². The van der Waals surface area contributed by atoms with Crippen LogP contribution in [0.1, 0.15) is 6.92 Å². The summed E-state index contributed by atoms with van der Waals surface area (Å²) in [6.07, 6.45) is 0.316. The molecule has 2 atom stereocenters. The van der Waals surface area contributed by atoms with Crippen LogP contribution in [0.5, 0.6) is 0 Å². The normalized spacial score (nSPS) is 49.2. The summed E-state index contributed by atoms with van der Waals surface area (Å²) >= 11 is 5.31. The van der Waals surface area contributed by atoms with Crippen LogP contribution in [-0.4, -0.2) is 11.7 Å². The molecule has 1 rings (SSSR count). The number of halogens is 1. The van der Waals surface area contributed by atoms with Crippen LogP contribution in [-0.2, 0) is 4.74 Å². The average Bonchev–Trinajstić information content (AvgIpc) is 1.79. The SMILES string of the molecule is C[C@H]1OC1Cl. The van der Waals surface area contributed by atoms with Crippen LogP contribution in [0.25, 0.3) is 0 Å². The molecule has 0 spiro atoms. The van der Waals surface area contributed by atoms with E-state index in [1.807, 2.05) is 6.92 Å². The van der Waals surface area contributed by atoms with Gasteiger partial charge in [0, 0.05) is 0 Å². The van der Waals surface area contributed by atoms with Crippen LogP contribution in [0.4, 0.5) is 0 Å². The first-order valence-corrected chi connectivity index (χ1v) is 2.04. The zero-order chi connectivity index (χ0) is 3.86. The fourth-order valence-corrected chi connectivity index (χ4v) is 0.322. The molecule has 0 aromatic rings. The number of alkyl halides is 1. The van der Waals surface area contributed by atoms with Crippen molar-refractivity contribution in [3.8, 4) is 0 Å². The van der Waals surface area contributed by atoms with Crippen molar-refractivity contribution in [2.24, 2.45) is 0 Å². The molecular formula is C3H5ClO. The van der Waals surface area contributed by atoms with E-state index in [1.165, 1.54) is 0 Å². The van der Waals surface area contributed by atoms with Gasteiger partial charge in [0.2, 0.25) is 0 Å². The molecular weight excluding hydrogens is 87.5 g/mol. The first kappa shape index (κ1) is 3.44. The lowest BCUT2D eigenvalue weighted by atomic mass is 10.6. The number of rotatable bonds is 0. The van der Waals surface area contributed by atoms with E-state index in [0.29, 0.717) is 6.10 Å². The zero-order valence-electron chi connectivity index (χ0n) is 2.94. The Morgan fingerprint density at radius 3 is 2.00 bits per heavy atom.